The number of carbonyl (C=O) groups excluding carboxylic acids is 1. The van der Waals surface area contributed by atoms with Gasteiger partial charge in [-0.05, 0) is 19.6 Å². The fourth-order valence-electron chi connectivity index (χ4n) is 1.83. The SMILES string of the molecule is CSCC(=O)N1CCC(C(=O)O)C1C. The quantitative estimate of drug-likeness (QED) is 0.755. The average molecular weight is 217 g/mol. The number of aliphatic carboxylic acids is 1. The number of thioether (sulfide) groups is 1. The Morgan fingerprint density at radius 3 is 2.64 bits per heavy atom. The number of carbonyl (C=O) groups is 2. The molecule has 0 aromatic carbocycles. The van der Waals surface area contributed by atoms with Crippen LogP contribution in [0, 0.1) is 5.92 Å². The van der Waals surface area contributed by atoms with Gasteiger partial charge in [0, 0.05) is 12.6 Å². The third-order valence-corrected chi connectivity index (χ3v) is 3.20. The van der Waals surface area contributed by atoms with Crippen molar-refractivity contribution in [3.8, 4) is 0 Å². The summed E-state index contributed by atoms with van der Waals surface area (Å²) in [4.78, 5) is 24.0. The highest BCUT2D eigenvalue weighted by atomic mass is 32.2. The Morgan fingerprint density at radius 1 is 1.57 bits per heavy atom. The van der Waals surface area contributed by atoms with Crippen LogP contribution in [0.3, 0.4) is 0 Å². The lowest BCUT2D eigenvalue weighted by atomic mass is 10.0. The normalized spacial score (nSPS) is 26.6. The maximum atomic E-state index is 11.5. The van der Waals surface area contributed by atoms with Gasteiger partial charge in [-0.3, -0.25) is 9.59 Å². The van der Waals surface area contributed by atoms with E-state index >= 15 is 0 Å². The molecule has 0 spiro atoms. The standard InChI is InChI=1S/C9H15NO3S/c1-6-7(9(12)13)3-4-10(6)8(11)5-14-2/h6-7H,3-5H2,1-2H3,(H,12,13). The molecule has 1 N–H and O–H groups in total. The lowest BCUT2D eigenvalue weighted by Crippen LogP contribution is -2.38. The average Bonchev–Trinajstić information content (AvgIpc) is 2.47. The molecule has 1 heterocycles. The maximum Gasteiger partial charge on any atom is 0.308 e. The van der Waals surface area contributed by atoms with Crippen LogP contribution in [0.1, 0.15) is 13.3 Å². The number of hydrogen-bond donors (Lipinski definition) is 1. The molecule has 0 bridgehead atoms. The van der Waals surface area contributed by atoms with Gasteiger partial charge in [-0.25, -0.2) is 0 Å². The molecule has 5 heteroatoms. The summed E-state index contributed by atoms with van der Waals surface area (Å²) in [6, 6.07) is -0.160. The third-order valence-electron chi connectivity index (χ3n) is 2.66. The molecule has 1 amide bonds. The van der Waals surface area contributed by atoms with E-state index in [1.165, 1.54) is 11.8 Å². The van der Waals surface area contributed by atoms with Gasteiger partial charge in [0.1, 0.15) is 0 Å². The first-order valence-corrected chi connectivity index (χ1v) is 5.98. The smallest absolute Gasteiger partial charge is 0.308 e. The molecular formula is C9H15NO3S. The van der Waals surface area contributed by atoms with Crippen LogP contribution >= 0.6 is 11.8 Å². The predicted octanol–water partition coefficient (Wildman–Crippen LogP) is 0.671. The zero-order valence-electron chi connectivity index (χ0n) is 8.40. The van der Waals surface area contributed by atoms with Crippen molar-refractivity contribution in [3.05, 3.63) is 0 Å². The molecule has 0 aliphatic carbocycles. The molecule has 1 aliphatic heterocycles. The van der Waals surface area contributed by atoms with Crippen LogP contribution in [-0.4, -0.2) is 46.5 Å². The van der Waals surface area contributed by atoms with Crippen LogP contribution in [0.15, 0.2) is 0 Å². The predicted molar refractivity (Wildman–Crippen MR) is 55.3 cm³/mol. The number of likely N-dealkylation sites (tertiary alicyclic amines) is 1. The zero-order valence-corrected chi connectivity index (χ0v) is 9.21. The van der Waals surface area contributed by atoms with Gasteiger partial charge >= 0.3 is 5.97 Å². The van der Waals surface area contributed by atoms with Crippen molar-refractivity contribution in [1.82, 2.24) is 4.90 Å². The second kappa shape index (κ2) is 4.68. The maximum absolute atomic E-state index is 11.5. The van der Waals surface area contributed by atoms with Crippen LogP contribution in [-0.2, 0) is 9.59 Å². The Kier molecular flexibility index (Phi) is 3.80. The van der Waals surface area contributed by atoms with E-state index < -0.39 is 5.97 Å². The van der Waals surface area contributed by atoms with E-state index in [1.54, 1.807) is 4.90 Å². The van der Waals surface area contributed by atoms with Crippen molar-refractivity contribution in [2.24, 2.45) is 5.92 Å². The Labute approximate surface area is 87.7 Å². The minimum Gasteiger partial charge on any atom is -0.481 e. The zero-order chi connectivity index (χ0) is 10.7. The van der Waals surface area contributed by atoms with Gasteiger partial charge < -0.3 is 10.0 Å². The van der Waals surface area contributed by atoms with E-state index in [4.69, 9.17) is 5.11 Å². The first-order chi connectivity index (χ1) is 6.57. The summed E-state index contributed by atoms with van der Waals surface area (Å²) >= 11 is 1.47. The molecule has 1 fully saturated rings. The molecule has 0 saturated carbocycles. The lowest BCUT2D eigenvalue weighted by Gasteiger charge is -2.22. The van der Waals surface area contributed by atoms with Gasteiger partial charge in [-0.2, -0.15) is 11.8 Å². The van der Waals surface area contributed by atoms with E-state index in [1.807, 2.05) is 13.2 Å². The van der Waals surface area contributed by atoms with E-state index in [0.29, 0.717) is 18.7 Å². The summed E-state index contributed by atoms with van der Waals surface area (Å²) in [7, 11) is 0. The van der Waals surface area contributed by atoms with Crippen molar-refractivity contribution in [1.29, 1.82) is 0 Å². The Balaban J connectivity index is 2.59. The van der Waals surface area contributed by atoms with Crippen LogP contribution in [0.25, 0.3) is 0 Å². The highest BCUT2D eigenvalue weighted by Crippen LogP contribution is 2.24. The van der Waals surface area contributed by atoms with E-state index in [2.05, 4.69) is 0 Å². The van der Waals surface area contributed by atoms with Gasteiger partial charge in [0.2, 0.25) is 5.91 Å². The van der Waals surface area contributed by atoms with Crippen molar-refractivity contribution in [2.75, 3.05) is 18.6 Å². The summed E-state index contributed by atoms with van der Waals surface area (Å²) in [6.07, 6.45) is 2.45. The topological polar surface area (TPSA) is 57.6 Å². The van der Waals surface area contributed by atoms with Crippen molar-refractivity contribution in [3.63, 3.8) is 0 Å². The molecule has 0 aromatic rings. The molecule has 2 unspecified atom stereocenters. The summed E-state index contributed by atoms with van der Waals surface area (Å²) in [5.41, 5.74) is 0. The van der Waals surface area contributed by atoms with Gasteiger partial charge in [0.25, 0.3) is 0 Å². The molecular weight excluding hydrogens is 202 g/mol. The van der Waals surface area contributed by atoms with Crippen LogP contribution in [0.2, 0.25) is 0 Å². The number of amides is 1. The van der Waals surface area contributed by atoms with Crippen LogP contribution < -0.4 is 0 Å². The van der Waals surface area contributed by atoms with Crippen molar-refractivity contribution >= 4 is 23.6 Å². The molecule has 1 saturated heterocycles. The van der Waals surface area contributed by atoms with Gasteiger partial charge in [0.15, 0.2) is 0 Å². The number of rotatable bonds is 3. The fraction of sp³-hybridized carbons (Fsp3) is 0.778. The Morgan fingerprint density at radius 2 is 2.21 bits per heavy atom. The summed E-state index contributed by atoms with van der Waals surface area (Å²) in [5, 5.41) is 8.87. The van der Waals surface area contributed by atoms with Crippen molar-refractivity contribution in [2.45, 2.75) is 19.4 Å². The van der Waals surface area contributed by atoms with Gasteiger partial charge in [-0.1, -0.05) is 0 Å². The minimum absolute atomic E-state index is 0.0498. The molecule has 14 heavy (non-hydrogen) atoms. The number of hydrogen-bond acceptors (Lipinski definition) is 3. The first kappa shape index (κ1) is 11.4. The van der Waals surface area contributed by atoms with Crippen LogP contribution in [0.5, 0.6) is 0 Å². The highest BCUT2D eigenvalue weighted by Gasteiger charge is 2.37. The molecule has 1 rings (SSSR count). The van der Waals surface area contributed by atoms with Gasteiger partial charge in [-0.15, -0.1) is 0 Å². The second-order valence-corrected chi connectivity index (χ2v) is 4.36. The van der Waals surface area contributed by atoms with Crippen molar-refractivity contribution < 1.29 is 14.7 Å². The van der Waals surface area contributed by atoms with Crippen LogP contribution in [0.4, 0.5) is 0 Å². The molecule has 1 aliphatic rings. The summed E-state index contributed by atoms with van der Waals surface area (Å²) in [5.74, 6) is -0.692. The van der Waals surface area contributed by atoms with E-state index in [-0.39, 0.29) is 17.9 Å². The number of carboxylic acids is 1. The fourth-order valence-corrected chi connectivity index (χ4v) is 2.24. The number of nitrogens with zero attached hydrogens (tertiary/aromatic N) is 1. The Bertz CT molecular complexity index is 244. The monoisotopic (exact) mass is 217 g/mol. The lowest BCUT2D eigenvalue weighted by molar-refractivity contribution is -0.142. The molecule has 80 valence electrons. The largest absolute Gasteiger partial charge is 0.481 e. The summed E-state index contributed by atoms with van der Waals surface area (Å²) < 4.78 is 0. The third kappa shape index (κ3) is 2.20. The highest BCUT2D eigenvalue weighted by molar-refractivity contribution is 7.99. The van der Waals surface area contributed by atoms with E-state index in [0.717, 1.165) is 0 Å². The van der Waals surface area contributed by atoms with Gasteiger partial charge in [0.05, 0.1) is 11.7 Å². The molecule has 4 nitrogen and oxygen atoms in total. The molecule has 0 aromatic heterocycles. The molecule has 0 radical (unpaired) electrons. The summed E-state index contributed by atoms with van der Waals surface area (Å²) in [6.45, 7) is 2.39. The molecule has 2 atom stereocenters. The number of carboxylic acid groups (broad SMARTS) is 1. The first-order valence-electron chi connectivity index (χ1n) is 4.59. The van der Waals surface area contributed by atoms with E-state index in [9.17, 15) is 9.59 Å². The second-order valence-electron chi connectivity index (χ2n) is 3.49. The minimum atomic E-state index is -0.794. The Hall–Kier alpha value is -0.710.